The Balaban J connectivity index is 1.61. The second-order valence-electron chi connectivity index (χ2n) is 9.51. The van der Waals surface area contributed by atoms with Crippen LogP contribution >= 0.6 is 23.4 Å². The first-order chi connectivity index (χ1) is 16.4. The number of nitrogens with zero attached hydrogens (tertiary/aromatic N) is 2. The molecule has 0 bridgehead atoms. The summed E-state index contributed by atoms with van der Waals surface area (Å²) >= 11 is 7.28. The molecule has 34 heavy (non-hydrogen) atoms. The van der Waals surface area contributed by atoms with Gasteiger partial charge in [-0.3, -0.25) is 14.2 Å². The number of ketones is 1. The summed E-state index contributed by atoms with van der Waals surface area (Å²) in [4.78, 5) is 32.0. The Morgan fingerprint density at radius 1 is 1.15 bits per heavy atom. The summed E-state index contributed by atoms with van der Waals surface area (Å²) in [5.41, 5.74) is 5.31. The van der Waals surface area contributed by atoms with Gasteiger partial charge in [0.1, 0.15) is 0 Å². The van der Waals surface area contributed by atoms with E-state index in [0.29, 0.717) is 22.3 Å². The molecule has 1 heterocycles. The molecule has 3 aromatic rings. The lowest BCUT2D eigenvalue weighted by Crippen LogP contribution is -2.40. The van der Waals surface area contributed by atoms with Crippen LogP contribution in [0, 0.1) is 0 Å². The Morgan fingerprint density at radius 3 is 2.56 bits per heavy atom. The Bertz CT molecular complexity index is 1340. The van der Waals surface area contributed by atoms with Crippen molar-refractivity contribution in [1.29, 1.82) is 0 Å². The highest BCUT2D eigenvalue weighted by molar-refractivity contribution is 7.99. The van der Waals surface area contributed by atoms with Crippen molar-refractivity contribution in [2.75, 3.05) is 5.75 Å². The minimum atomic E-state index is -0.146. The summed E-state index contributed by atoms with van der Waals surface area (Å²) in [6.45, 7) is 6.36. The van der Waals surface area contributed by atoms with Gasteiger partial charge in [-0.1, -0.05) is 72.6 Å². The van der Waals surface area contributed by atoms with Crippen LogP contribution in [0.1, 0.15) is 54.1 Å². The lowest BCUT2D eigenvalue weighted by Gasteiger charge is -2.36. The van der Waals surface area contributed by atoms with Crippen LogP contribution < -0.4 is 5.56 Å². The minimum absolute atomic E-state index is 0.0193. The standard InChI is InChI=1S/C28H27ClN2O2S/c1-18(2)16-31-26(33)24-25(22-8-4-3-7-20(22)15-28(24)13-5-6-14-28)30-27(31)34-17-23(32)19-9-11-21(29)12-10-19/h3-4,7-12H,1,5-6,13-17H2,2H3. The predicted molar refractivity (Wildman–Crippen MR) is 139 cm³/mol. The molecular weight excluding hydrogens is 464 g/mol. The molecule has 0 atom stereocenters. The molecule has 0 amide bonds. The Labute approximate surface area is 209 Å². The Morgan fingerprint density at radius 2 is 1.85 bits per heavy atom. The molecule has 174 valence electrons. The minimum Gasteiger partial charge on any atom is -0.293 e. The van der Waals surface area contributed by atoms with Crippen LogP contribution in [0.5, 0.6) is 0 Å². The zero-order valence-electron chi connectivity index (χ0n) is 19.3. The highest BCUT2D eigenvalue weighted by Crippen LogP contribution is 2.50. The van der Waals surface area contributed by atoms with Crippen molar-refractivity contribution in [3.05, 3.63) is 92.7 Å². The predicted octanol–water partition coefficient (Wildman–Crippen LogP) is 6.48. The summed E-state index contributed by atoms with van der Waals surface area (Å²) in [5.74, 6) is 0.165. The van der Waals surface area contributed by atoms with Crippen LogP contribution in [0.3, 0.4) is 0 Å². The maximum atomic E-state index is 14.1. The number of halogens is 1. The molecule has 6 heteroatoms. The molecule has 1 fully saturated rings. The lowest BCUT2D eigenvalue weighted by molar-refractivity contribution is 0.102. The summed E-state index contributed by atoms with van der Waals surface area (Å²) in [7, 11) is 0. The van der Waals surface area contributed by atoms with Gasteiger partial charge in [-0.05, 0) is 56.0 Å². The maximum Gasteiger partial charge on any atom is 0.258 e. The largest absolute Gasteiger partial charge is 0.293 e. The summed E-state index contributed by atoms with van der Waals surface area (Å²) in [5, 5.41) is 1.16. The van der Waals surface area contributed by atoms with E-state index in [9.17, 15) is 9.59 Å². The van der Waals surface area contributed by atoms with Crippen molar-refractivity contribution in [2.45, 2.75) is 56.1 Å². The molecule has 0 unspecified atom stereocenters. The molecule has 1 spiro atoms. The molecular formula is C28H27ClN2O2S. The third-order valence-electron chi connectivity index (χ3n) is 6.95. The number of Topliss-reactive ketones (excluding diaryl/α,β-unsaturated/α-hetero) is 1. The highest BCUT2D eigenvalue weighted by atomic mass is 35.5. The molecule has 2 aliphatic carbocycles. The van der Waals surface area contributed by atoms with E-state index in [4.69, 9.17) is 16.6 Å². The number of hydrogen-bond donors (Lipinski definition) is 0. The van der Waals surface area contributed by atoms with Crippen molar-refractivity contribution >= 4 is 29.1 Å². The second-order valence-corrected chi connectivity index (χ2v) is 10.9. The van der Waals surface area contributed by atoms with Gasteiger partial charge < -0.3 is 0 Å². The van der Waals surface area contributed by atoms with Gasteiger partial charge >= 0.3 is 0 Å². The van der Waals surface area contributed by atoms with Crippen LogP contribution in [0.4, 0.5) is 0 Å². The fourth-order valence-electron chi connectivity index (χ4n) is 5.41. The van der Waals surface area contributed by atoms with Gasteiger partial charge in [0.25, 0.3) is 5.56 Å². The van der Waals surface area contributed by atoms with Crippen LogP contribution in [-0.2, 0) is 18.4 Å². The zero-order chi connectivity index (χ0) is 23.9. The molecule has 1 aromatic heterocycles. The van der Waals surface area contributed by atoms with Gasteiger partial charge in [0.05, 0.1) is 17.0 Å². The fourth-order valence-corrected chi connectivity index (χ4v) is 6.43. The van der Waals surface area contributed by atoms with E-state index in [1.807, 2.05) is 13.0 Å². The van der Waals surface area contributed by atoms with Gasteiger partial charge in [0.15, 0.2) is 10.9 Å². The Hall–Kier alpha value is -2.63. The molecule has 0 aliphatic heterocycles. The van der Waals surface area contributed by atoms with E-state index >= 15 is 0 Å². The number of fused-ring (bicyclic) bond motifs is 4. The van der Waals surface area contributed by atoms with E-state index in [2.05, 4.69) is 24.8 Å². The van der Waals surface area contributed by atoms with E-state index in [-0.39, 0.29) is 22.5 Å². The van der Waals surface area contributed by atoms with Gasteiger partial charge in [-0.2, -0.15) is 0 Å². The fraction of sp³-hybridized carbons (Fsp3) is 0.321. The number of hydrogen-bond acceptors (Lipinski definition) is 4. The summed E-state index contributed by atoms with van der Waals surface area (Å²) in [6.07, 6.45) is 5.18. The average Bonchev–Trinajstić information content (AvgIpc) is 3.28. The highest BCUT2D eigenvalue weighted by Gasteiger charge is 2.44. The van der Waals surface area contributed by atoms with E-state index in [1.165, 1.54) is 17.3 Å². The van der Waals surface area contributed by atoms with E-state index in [0.717, 1.165) is 54.5 Å². The second kappa shape index (κ2) is 9.20. The normalized spacial score (nSPS) is 15.7. The molecule has 4 nitrogen and oxygen atoms in total. The van der Waals surface area contributed by atoms with Gasteiger partial charge in [-0.15, -0.1) is 0 Å². The molecule has 1 saturated carbocycles. The lowest BCUT2D eigenvalue weighted by atomic mass is 9.68. The van der Waals surface area contributed by atoms with Crippen LogP contribution in [0.25, 0.3) is 11.3 Å². The number of carbonyl (C=O) groups is 1. The quantitative estimate of drug-likeness (QED) is 0.172. The Kier molecular flexibility index (Phi) is 6.26. The zero-order valence-corrected chi connectivity index (χ0v) is 20.8. The van der Waals surface area contributed by atoms with Gasteiger partial charge in [0.2, 0.25) is 0 Å². The third-order valence-corrected chi connectivity index (χ3v) is 8.18. The molecule has 0 radical (unpaired) electrons. The number of benzene rings is 2. The summed E-state index contributed by atoms with van der Waals surface area (Å²) in [6, 6.07) is 15.2. The number of aromatic nitrogens is 2. The first kappa shape index (κ1) is 23.1. The third kappa shape index (κ3) is 4.16. The molecule has 2 aromatic carbocycles. The SMILES string of the molecule is C=C(C)Cn1c(SCC(=O)c2ccc(Cl)cc2)nc2c(c1=O)C1(CCCC1)Cc1ccccc1-2. The topological polar surface area (TPSA) is 52.0 Å². The number of thioether (sulfide) groups is 1. The van der Waals surface area contributed by atoms with Crippen molar-refractivity contribution in [1.82, 2.24) is 9.55 Å². The molecule has 0 saturated heterocycles. The van der Waals surface area contributed by atoms with Crippen LogP contribution in [0.15, 0.2) is 70.6 Å². The smallest absolute Gasteiger partial charge is 0.258 e. The van der Waals surface area contributed by atoms with Gasteiger partial charge in [0, 0.05) is 28.1 Å². The number of allylic oxidation sites excluding steroid dienone is 1. The van der Waals surface area contributed by atoms with Gasteiger partial charge in [-0.25, -0.2) is 4.98 Å². The first-order valence-electron chi connectivity index (χ1n) is 11.7. The summed E-state index contributed by atoms with van der Waals surface area (Å²) < 4.78 is 1.73. The first-order valence-corrected chi connectivity index (χ1v) is 13.0. The molecule has 5 rings (SSSR count). The van der Waals surface area contributed by atoms with Crippen molar-refractivity contribution in [3.8, 4) is 11.3 Å². The maximum absolute atomic E-state index is 14.1. The van der Waals surface area contributed by atoms with Crippen LogP contribution in [-0.4, -0.2) is 21.1 Å². The van der Waals surface area contributed by atoms with Crippen molar-refractivity contribution < 1.29 is 4.79 Å². The van der Waals surface area contributed by atoms with Crippen LogP contribution in [0.2, 0.25) is 5.02 Å². The molecule has 2 aliphatic rings. The average molecular weight is 491 g/mol. The van der Waals surface area contributed by atoms with Crippen molar-refractivity contribution in [2.24, 2.45) is 0 Å². The van der Waals surface area contributed by atoms with E-state index in [1.54, 1.807) is 28.8 Å². The number of carbonyl (C=O) groups excluding carboxylic acids is 1. The monoisotopic (exact) mass is 490 g/mol. The van der Waals surface area contributed by atoms with E-state index < -0.39 is 0 Å². The molecule has 0 N–H and O–H groups in total. The number of rotatable bonds is 6. The van der Waals surface area contributed by atoms with Crippen molar-refractivity contribution in [3.63, 3.8) is 0 Å².